The van der Waals surface area contributed by atoms with E-state index in [0.29, 0.717) is 0 Å². The lowest BCUT2D eigenvalue weighted by molar-refractivity contribution is 0.0546. The lowest BCUT2D eigenvalue weighted by Gasteiger charge is -2.28. The summed E-state index contributed by atoms with van der Waals surface area (Å²) >= 11 is 5.43. The van der Waals surface area contributed by atoms with Gasteiger partial charge in [-0.3, -0.25) is 4.68 Å². The van der Waals surface area contributed by atoms with E-state index in [2.05, 4.69) is 28.0 Å². The van der Waals surface area contributed by atoms with Gasteiger partial charge in [0.1, 0.15) is 0 Å². The number of hydrogen-bond donors (Lipinski definition) is 1. The van der Waals surface area contributed by atoms with E-state index in [-0.39, 0.29) is 12.1 Å². The highest BCUT2D eigenvalue weighted by molar-refractivity contribution is 9.10. The van der Waals surface area contributed by atoms with Crippen molar-refractivity contribution in [2.24, 2.45) is 5.73 Å². The first kappa shape index (κ1) is 13.4. The summed E-state index contributed by atoms with van der Waals surface area (Å²) in [5, 5.41) is 4.35. The minimum Gasteiger partial charge on any atom is -0.374 e. The van der Waals surface area contributed by atoms with Crippen LogP contribution >= 0.6 is 27.7 Å². The fourth-order valence-corrected chi connectivity index (χ4v) is 3.46. The number of aromatic nitrogens is 2. The zero-order valence-electron chi connectivity index (χ0n) is 9.93. The summed E-state index contributed by atoms with van der Waals surface area (Å²) in [5.41, 5.74) is 7.37. The fourth-order valence-electron chi connectivity index (χ4n) is 1.98. The van der Waals surface area contributed by atoms with Crippen molar-refractivity contribution in [3.63, 3.8) is 0 Å². The average Bonchev–Trinajstić information content (AvgIpc) is 2.71. The van der Waals surface area contributed by atoms with E-state index >= 15 is 0 Å². The third-order valence-corrected chi connectivity index (χ3v) is 4.46. The van der Waals surface area contributed by atoms with Crippen molar-refractivity contribution in [3.8, 4) is 0 Å². The number of halogens is 1. The molecule has 17 heavy (non-hydrogen) atoms. The molecular weight excluding hydrogens is 302 g/mol. The Hall–Kier alpha value is -0.0400. The van der Waals surface area contributed by atoms with Gasteiger partial charge >= 0.3 is 0 Å². The molecule has 1 aromatic heterocycles. The molecule has 1 fully saturated rings. The van der Waals surface area contributed by atoms with Crippen LogP contribution in [0.25, 0.3) is 0 Å². The molecule has 1 saturated heterocycles. The van der Waals surface area contributed by atoms with Crippen LogP contribution < -0.4 is 5.73 Å². The summed E-state index contributed by atoms with van der Waals surface area (Å²) in [5.74, 6) is 2.03. The highest BCUT2D eigenvalue weighted by atomic mass is 79.9. The molecule has 0 amide bonds. The number of nitrogens with two attached hydrogens (primary N) is 1. The molecule has 1 aromatic rings. The lowest BCUT2D eigenvalue weighted by atomic mass is 10.1. The van der Waals surface area contributed by atoms with Crippen molar-refractivity contribution >= 4 is 27.7 Å². The van der Waals surface area contributed by atoms with Gasteiger partial charge < -0.3 is 10.5 Å². The first-order valence-electron chi connectivity index (χ1n) is 5.90. The third kappa shape index (κ3) is 3.05. The number of hydrogen-bond acceptors (Lipinski definition) is 4. The summed E-state index contributed by atoms with van der Waals surface area (Å²) in [4.78, 5) is 0. The number of nitrogens with zero attached hydrogens (tertiary/aromatic N) is 2. The first-order valence-corrected chi connectivity index (χ1v) is 7.85. The van der Waals surface area contributed by atoms with Gasteiger partial charge in [-0.05, 0) is 22.4 Å². The van der Waals surface area contributed by atoms with E-state index in [1.165, 1.54) is 0 Å². The Morgan fingerprint density at radius 1 is 1.76 bits per heavy atom. The summed E-state index contributed by atoms with van der Waals surface area (Å²) in [6.07, 6.45) is 2.96. The molecule has 2 rings (SSSR count). The molecule has 2 unspecified atom stereocenters. The van der Waals surface area contributed by atoms with Crippen LogP contribution in [0.3, 0.4) is 0 Å². The topological polar surface area (TPSA) is 53.1 Å². The van der Waals surface area contributed by atoms with E-state index in [4.69, 9.17) is 10.5 Å². The lowest BCUT2D eigenvalue weighted by Crippen LogP contribution is -2.36. The van der Waals surface area contributed by atoms with Crippen LogP contribution in [-0.2, 0) is 11.3 Å². The third-order valence-electron chi connectivity index (χ3n) is 2.83. The molecule has 6 heteroatoms. The van der Waals surface area contributed by atoms with Crippen molar-refractivity contribution in [1.82, 2.24) is 9.78 Å². The zero-order valence-corrected chi connectivity index (χ0v) is 12.3. The second-order valence-corrected chi connectivity index (χ2v) is 6.11. The molecule has 0 aliphatic carbocycles. The molecule has 4 nitrogen and oxygen atoms in total. The van der Waals surface area contributed by atoms with Gasteiger partial charge in [0.25, 0.3) is 0 Å². The zero-order chi connectivity index (χ0) is 12.3. The van der Waals surface area contributed by atoms with Gasteiger partial charge in [0.15, 0.2) is 0 Å². The molecule has 2 atom stereocenters. The van der Waals surface area contributed by atoms with Gasteiger partial charge in [-0.25, -0.2) is 0 Å². The molecule has 0 spiro atoms. The molecule has 2 heterocycles. The van der Waals surface area contributed by atoms with Crippen molar-refractivity contribution in [2.75, 3.05) is 18.1 Å². The number of ether oxygens (including phenoxy) is 1. The van der Waals surface area contributed by atoms with E-state index in [9.17, 15) is 0 Å². The first-order chi connectivity index (χ1) is 8.24. The SMILES string of the molecule is CCCn1ncc(Br)c1C(N)C1CSCCO1. The van der Waals surface area contributed by atoms with Gasteiger partial charge in [0.05, 0.1) is 35.1 Å². The molecule has 96 valence electrons. The van der Waals surface area contributed by atoms with E-state index in [1.807, 2.05) is 22.6 Å². The van der Waals surface area contributed by atoms with Crippen molar-refractivity contribution in [1.29, 1.82) is 0 Å². The van der Waals surface area contributed by atoms with Crippen LogP contribution in [0.4, 0.5) is 0 Å². The van der Waals surface area contributed by atoms with Gasteiger partial charge in [-0.15, -0.1) is 0 Å². The minimum atomic E-state index is -0.105. The Morgan fingerprint density at radius 3 is 3.24 bits per heavy atom. The van der Waals surface area contributed by atoms with Crippen molar-refractivity contribution < 1.29 is 4.74 Å². The maximum atomic E-state index is 6.32. The second kappa shape index (κ2) is 6.22. The number of aryl methyl sites for hydroxylation is 1. The summed E-state index contributed by atoms with van der Waals surface area (Å²) in [7, 11) is 0. The van der Waals surface area contributed by atoms with Crippen LogP contribution in [0.2, 0.25) is 0 Å². The van der Waals surface area contributed by atoms with Gasteiger partial charge in [0.2, 0.25) is 0 Å². The van der Waals surface area contributed by atoms with Crippen LogP contribution in [-0.4, -0.2) is 34.0 Å². The Labute approximate surface area is 114 Å². The largest absolute Gasteiger partial charge is 0.374 e. The minimum absolute atomic E-state index is 0.0948. The van der Waals surface area contributed by atoms with E-state index in [1.54, 1.807) is 0 Å². The monoisotopic (exact) mass is 319 g/mol. The Bertz CT molecular complexity index is 366. The molecular formula is C11H18BrN3OS. The van der Waals surface area contributed by atoms with Gasteiger partial charge in [0, 0.05) is 18.1 Å². The summed E-state index contributed by atoms with van der Waals surface area (Å²) in [6, 6.07) is -0.105. The maximum Gasteiger partial charge on any atom is 0.0873 e. The maximum absolute atomic E-state index is 6.32. The summed E-state index contributed by atoms with van der Waals surface area (Å²) in [6.45, 7) is 3.83. The van der Waals surface area contributed by atoms with Crippen molar-refractivity contribution in [2.45, 2.75) is 32.0 Å². The fraction of sp³-hybridized carbons (Fsp3) is 0.727. The average molecular weight is 320 g/mol. The van der Waals surface area contributed by atoms with E-state index in [0.717, 1.165) is 41.2 Å². The van der Waals surface area contributed by atoms with Crippen LogP contribution in [0.15, 0.2) is 10.7 Å². The Morgan fingerprint density at radius 2 is 2.59 bits per heavy atom. The highest BCUT2D eigenvalue weighted by Gasteiger charge is 2.27. The van der Waals surface area contributed by atoms with Gasteiger partial charge in [-0.1, -0.05) is 6.92 Å². The smallest absolute Gasteiger partial charge is 0.0873 e. The predicted molar refractivity (Wildman–Crippen MR) is 74.2 cm³/mol. The van der Waals surface area contributed by atoms with E-state index < -0.39 is 0 Å². The quantitative estimate of drug-likeness (QED) is 0.924. The highest BCUT2D eigenvalue weighted by Crippen LogP contribution is 2.28. The standard InChI is InChI=1S/C11H18BrN3OS/c1-2-3-15-11(8(12)6-14-15)10(13)9-7-17-5-4-16-9/h6,9-10H,2-5,7,13H2,1H3. The number of thioether (sulfide) groups is 1. The normalized spacial score (nSPS) is 22.6. The Kier molecular flexibility index (Phi) is 4.90. The number of rotatable bonds is 4. The Balaban J connectivity index is 2.16. The molecule has 0 bridgehead atoms. The molecule has 1 aliphatic rings. The predicted octanol–water partition coefficient (Wildman–Crippen LogP) is 2.19. The molecule has 2 N–H and O–H groups in total. The molecule has 0 saturated carbocycles. The van der Waals surface area contributed by atoms with Crippen LogP contribution in [0.1, 0.15) is 25.1 Å². The van der Waals surface area contributed by atoms with Crippen LogP contribution in [0.5, 0.6) is 0 Å². The van der Waals surface area contributed by atoms with Crippen LogP contribution in [0, 0.1) is 0 Å². The molecule has 1 aliphatic heterocycles. The van der Waals surface area contributed by atoms with Crippen molar-refractivity contribution in [3.05, 3.63) is 16.4 Å². The summed E-state index contributed by atoms with van der Waals surface area (Å²) < 4.78 is 8.71. The van der Waals surface area contributed by atoms with Gasteiger partial charge in [-0.2, -0.15) is 16.9 Å². The second-order valence-electron chi connectivity index (χ2n) is 4.11. The molecule has 0 radical (unpaired) electrons. The molecule has 0 aromatic carbocycles.